The number of anilines is 3. The molecule has 1 saturated heterocycles. The number of carbonyl (C=O) groups is 2. The largest absolute Gasteiger partial charge is 0.447 e. The summed E-state index contributed by atoms with van der Waals surface area (Å²) in [6.07, 6.45) is 0.470. The SMILES string of the molecule is O=C(NCCCN1c2ccccc2Sc2ccccc21)c1ccc(N2CCOC2=O)cc1. The van der Waals surface area contributed by atoms with E-state index in [2.05, 4.69) is 58.7 Å². The molecule has 1 fully saturated rings. The second-order valence-electron chi connectivity index (χ2n) is 7.61. The molecule has 1 N–H and O–H groups in total. The van der Waals surface area contributed by atoms with E-state index in [4.69, 9.17) is 4.74 Å². The van der Waals surface area contributed by atoms with Crippen molar-refractivity contribution in [2.24, 2.45) is 0 Å². The van der Waals surface area contributed by atoms with E-state index >= 15 is 0 Å². The summed E-state index contributed by atoms with van der Waals surface area (Å²) in [5, 5.41) is 3.01. The summed E-state index contributed by atoms with van der Waals surface area (Å²) < 4.78 is 4.96. The molecule has 2 aliphatic rings. The van der Waals surface area contributed by atoms with E-state index < -0.39 is 0 Å². The molecular formula is C25H23N3O3S. The third-order valence-corrected chi connectivity index (χ3v) is 6.71. The number of nitrogens with one attached hydrogen (secondary N) is 1. The van der Waals surface area contributed by atoms with E-state index in [1.54, 1.807) is 40.9 Å². The number of cyclic esters (lactones) is 1. The van der Waals surface area contributed by atoms with Gasteiger partial charge in [-0.1, -0.05) is 36.0 Å². The van der Waals surface area contributed by atoms with Gasteiger partial charge in [-0.15, -0.1) is 0 Å². The minimum Gasteiger partial charge on any atom is -0.447 e. The molecular weight excluding hydrogens is 422 g/mol. The lowest BCUT2D eigenvalue weighted by molar-refractivity contribution is 0.0953. The Labute approximate surface area is 191 Å². The number of hydrogen-bond donors (Lipinski definition) is 1. The molecule has 5 rings (SSSR count). The third kappa shape index (κ3) is 4.03. The van der Waals surface area contributed by atoms with Crippen LogP contribution in [-0.2, 0) is 4.74 Å². The number of fused-ring (bicyclic) bond motifs is 2. The minimum absolute atomic E-state index is 0.115. The van der Waals surface area contributed by atoms with E-state index in [9.17, 15) is 9.59 Å². The van der Waals surface area contributed by atoms with Gasteiger partial charge in [0.15, 0.2) is 0 Å². The average molecular weight is 446 g/mol. The van der Waals surface area contributed by atoms with Gasteiger partial charge >= 0.3 is 6.09 Å². The van der Waals surface area contributed by atoms with Crippen LogP contribution < -0.4 is 15.1 Å². The summed E-state index contributed by atoms with van der Waals surface area (Å²) in [6, 6.07) is 23.9. The van der Waals surface area contributed by atoms with Crippen LogP contribution in [0.25, 0.3) is 0 Å². The van der Waals surface area contributed by atoms with Crippen molar-refractivity contribution >= 4 is 40.8 Å². The Morgan fingerprint density at radius 1 is 0.938 bits per heavy atom. The third-order valence-electron chi connectivity index (χ3n) is 5.58. The van der Waals surface area contributed by atoms with Crippen LogP contribution in [0.5, 0.6) is 0 Å². The first-order chi connectivity index (χ1) is 15.7. The molecule has 2 aliphatic heterocycles. The average Bonchev–Trinajstić information content (AvgIpc) is 3.27. The highest BCUT2D eigenvalue weighted by Crippen LogP contribution is 2.47. The van der Waals surface area contributed by atoms with Gasteiger partial charge in [0.1, 0.15) is 6.61 Å². The van der Waals surface area contributed by atoms with Crippen molar-refractivity contribution in [1.29, 1.82) is 0 Å². The fourth-order valence-corrected chi connectivity index (χ4v) is 5.08. The maximum atomic E-state index is 12.6. The summed E-state index contributed by atoms with van der Waals surface area (Å²) in [7, 11) is 0. The van der Waals surface area contributed by atoms with Gasteiger partial charge in [-0.25, -0.2) is 4.79 Å². The zero-order valence-corrected chi connectivity index (χ0v) is 18.3. The number of nitrogens with zero attached hydrogens (tertiary/aromatic N) is 2. The molecule has 0 radical (unpaired) electrons. The van der Waals surface area contributed by atoms with Crippen molar-refractivity contribution in [2.45, 2.75) is 16.2 Å². The zero-order valence-electron chi connectivity index (χ0n) is 17.5. The van der Waals surface area contributed by atoms with Crippen LogP contribution in [-0.4, -0.2) is 38.2 Å². The van der Waals surface area contributed by atoms with Gasteiger partial charge < -0.3 is 15.0 Å². The molecule has 0 spiro atoms. The predicted molar refractivity (Wildman–Crippen MR) is 126 cm³/mol. The van der Waals surface area contributed by atoms with Crippen LogP contribution in [0.2, 0.25) is 0 Å². The molecule has 0 unspecified atom stereocenters. The molecule has 162 valence electrons. The summed E-state index contributed by atoms with van der Waals surface area (Å²) in [5.74, 6) is -0.115. The van der Waals surface area contributed by atoms with Crippen molar-refractivity contribution in [1.82, 2.24) is 5.32 Å². The van der Waals surface area contributed by atoms with Crippen LogP contribution in [0.1, 0.15) is 16.8 Å². The van der Waals surface area contributed by atoms with Gasteiger partial charge in [-0.2, -0.15) is 0 Å². The summed E-state index contributed by atoms with van der Waals surface area (Å²) >= 11 is 1.79. The Kier molecular flexibility index (Phi) is 5.73. The fraction of sp³-hybridized carbons (Fsp3) is 0.200. The van der Waals surface area contributed by atoms with Gasteiger partial charge in [-0.05, 0) is 55.0 Å². The molecule has 0 aromatic heterocycles. The number of hydrogen-bond acceptors (Lipinski definition) is 5. The molecule has 2 heterocycles. The standard InChI is InChI=1S/C25H23N3O3S/c29-24(18-10-12-19(13-11-18)27-16-17-31-25(27)30)26-14-5-15-28-20-6-1-3-8-22(20)32-23-9-4-2-7-21(23)28/h1-4,6-13H,5,14-17H2,(H,26,29). The highest BCUT2D eigenvalue weighted by Gasteiger charge is 2.24. The molecule has 0 aliphatic carbocycles. The normalized spacial score (nSPS) is 14.6. The Bertz CT molecular complexity index is 1100. The predicted octanol–water partition coefficient (Wildman–Crippen LogP) is 5.07. The van der Waals surface area contributed by atoms with Crippen LogP contribution in [0.4, 0.5) is 21.9 Å². The van der Waals surface area contributed by atoms with Gasteiger partial charge in [0.05, 0.1) is 17.9 Å². The van der Waals surface area contributed by atoms with E-state index in [0.29, 0.717) is 25.3 Å². The molecule has 2 amide bonds. The maximum absolute atomic E-state index is 12.6. The summed E-state index contributed by atoms with van der Waals surface area (Å²) in [5.41, 5.74) is 3.73. The Morgan fingerprint density at radius 2 is 1.59 bits per heavy atom. The number of rotatable bonds is 6. The lowest BCUT2D eigenvalue weighted by Gasteiger charge is -2.32. The van der Waals surface area contributed by atoms with E-state index in [1.807, 2.05) is 0 Å². The lowest BCUT2D eigenvalue weighted by atomic mass is 10.1. The van der Waals surface area contributed by atoms with Crippen molar-refractivity contribution in [2.75, 3.05) is 36.0 Å². The number of amides is 2. The zero-order chi connectivity index (χ0) is 21.9. The van der Waals surface area contributed by atoms with Crippen molar-refractivity contribution < 1.29 is 14.3 Å². The molecule has 0 saturated carbocycles. The van der Waals surface area contributed by atoms with Crippen LogP contribution in [0.3, 0.4) is 0 Å². The molecule has 32 heavy (non-hydrogen) atoms. The first kappa shape index (κ1) is 20.5. The minimum atomic E-state index is -0.346. The summed E-state index contributed by atoms with van der Waals surface area (Å²) in [6.45, 7) is 2.31. The topological polar surface area (TPSA) is 61.9 Å². The molecule has 3 aromatic rings. The first-order valence-electron chi connectivity index (χ1n) is 10.7. The smallest absolute Gasteiger partial charge is 0.414 e. The quantitative estimate of drug-likeness (QED) is 0.537. The molecule has 3 aromatic carbocycles. The van der Waals surface area contributed by atoms with Crippen LogP contribution in [0.15, 0.2) is 82.6 Å². The molecule has 6 nitrogen and oxygen atoms in total. The highest BCUT2D eigenvalue weighted by atomic mass is 32.2. The monoisotopic (exact) mass is 445 g/mol. The van der Waals surface area contributed by atoms with Crippen molar-refractivity contribution in [3.8, 4) is 0 Å². The number of carbonyl (C=O) groups excluding carboxylic acids is 2. The molecule has 0 atom stereocenters. The molecule has 0 bridgehead atoms. The van der Waals surface area contributed by atoms with Gasteiger partial charge in [0.2, 0.25) is 0 Å². The number of ether oxygens (including phenoxy) is 1. The van der Waals surface area contributed by atoms with E-state index in [0.717, 1.165) is 18.7 Å². The Morgan fingerprint density at radius 3 is 2.22 bits per heavy atom. The van der Waals surface area contributed by atoms with Crippen LogP contribution in [0, 0.1) is 0 Å². The second-order valence-corrected chi connectivity index (χ2v) is 8.70. The van der Waals surface area contributed by atoms with Gasteiger partial charge in [0, 0.05) is 34.1 Å². The van der Waals surface area contributed by atoms with Crippen molar-refractivity contribution in [3.63, 3.8) is 0 Å². The van der Waals surface area contributed by atoms with Crippen LogP contribution >= 0.6 is 11.8 Å². The molecule has 7 heteroatoms. The van der Waals surface area contributed by atoms with E-state index in [-0.39, 0.29) is 12.0 Å². The number of benzene rings is 3. The van der Waals surface area contributed by atoms with Gasteiger partial charge in [-0.3, -0.25) is 9.69 Å². The first-order valence-corrected chi connectivity index (χ1v) is 11.5. The van der Waals surface area contributed by atoms with E-state index in [1.165, 1.54) is 21.2 Å². The second kappa shape index (κ2) is 8.96. The van der Waals surface area contributed by atoms with Gasteiger partial charge in [0.25, 0.3) is 5.91 Å². The Hall–Kier alpha value is -3.45. The van der Waals surface area contributed by atoms with Crippen molar-refractivity contribution in [3.05, 3.63) is 78.4 Å². The highest BCUT2D eigenvalue weighted by molar-refractivity contribution is 7.99. The lowest BCUT2D eigenvalue weighted by Crippen LogP contribution is -2.29. The maximum Gasteiger partial charge on any atom is 0.414 e. The summed E-state index contributed by atoms with van der Waals surface area (Å²) in [4.78, 5) is 30.6. The fourth-order valence-electron chi connectivity index (χ4n) is 3.98. The number of para-hydroxylation sites is 2. The Balaban J connectivity index is 1.19.